The Labute approximate surface area is 125 Å². The minimum atomic E-state index is 0.669. The van der Waals surface area contributed by atoms with Crippen LogP contribution in [-0.4, -0.2) is 27.9 Å². The van der Waals surface area contributed by atoms with Gasteiger partial charge in [0.1, 0.15) is 0 Å². The molecule has 0 amide bonds. The molecule has 0 aliphatic heterocycles. The number of nitrogens with zero attached hydrogens (tertiary/aromatic N) is 3. The summed E-state index contributed by atoms with van der Waals surface area (Å²) in [6.45, 7) is 5.81. The highest BCUT2D eigenvalue weighted by molar-refractivity contribution is 5.29. The molecule has 5 heteroatoms. The molecule has 0 aromatic carbocycles. The lowest BCUT2D eigenvalue weighted by atomic mass is 10.2. The van der Waals surface area contributed by atoms with E-state index in [1.54, 1.807) is 13.3 Å². The molecular weight excluding hydrogens is 264 g/mol. The van der Waals surface area contributed by atoms with Gasteiger partial charge >= 0.3 is 0 Å². The summed E-state index contributed by atoms with van der Waals surface area (Å²) in [6.07, 6.45) is 4.35. The van der Waals surface area contributed by atoms with Crippen molar-refractivity contribution in [2.45, 2.75) is 45.8 Å². The topological polar surface area (TPSA) is 52.0 Å². The van der Waals surface area contributed by atoms with Gasteiger partial charge in [-0.3, -0.25) is 4.68 Å². The lowest BCUT2D eigenvalue weighted by Gasteiger charge is -2.09. The van der Waals surface area contributed by atoms with Gasteiger partial charge in [0.05, 0.1) is 19.3 Å². The minimum absolute atomic E-state index is 0.669. The number of nitrogens with one attached hydrogen (secondary N) is 1. The van der Waals surface area contributed by atoms with Crippen molar-refractivity contribution >= 4 is 0 Å². The smallest absolute Gasteiger partial charge is 0.218 e. The molecule has 1 saturated carbocycles. The van der Waals surface area contributed by atoms with Gasteiger partial charge in [-0.15, -0.1) is 0 Å². The van der Waals surface area contributed by atoms with Gasteiger partial charge in [-0.1, -0.05) is 6.07 Å². The van der Waals surface area contributed by atoms with E-state index in [2.05, 4.69) is 29.2 Å². The summed E-state index contributed by atoms with van der Waals surface area (Å²) < 4.78 is 7.36. The molecular formula is C16H22N4O. The van der Waals surface area contributed by atoms with Crippen molar-refractivity contribution in [2.24, 2.45) is 0 Å². The van der Waals surface area contributed by atoms with Crippen molar-refractivity contribution in [1.82, 2.24) is 20.1 Å². The first-order chi connectivity index (χ1) is 10.2. The Bertz CT molecular complexity index is 631. The van der Waals surface area contributed by atoms with Gasteiger partial charge in [0.25, 0.3) is 0 Å². The van der Waals surface area contributed by atoms with Gasteiger partial charge in [-0.2, -0.15) is 5.10 Å². The van der Waals surface area contributed by atoms with E-state index in [1.165, 1.54) is 24.1 Å². The average Bonchev–Trinajstić information content (AvgIpc) is 3.27. The highest BCUT2D eigenvalue weighted by Gasteiger charge is 2.22. The Morgan fingerprint density at radius 2 is 2.19 bits per heavy atom. The highest BCUT2D eigenvalue weighted by atomic mass is 16.5. The first-order valence-corrected chi connectivity index (χ1v) is 7.43. The van der Waals surface area contributed by atoms with Gasteiger partial charge < -0.3 is 10.1 Å². The zero-order valence-electron chi connectivity index (χ0n) is 12.9. The van der Waals surface area contributed by atoms with Crippen LogP contribution in [0.15, 0.2) is 18.3 Å². The van der Waals surface area contributed by atoms with Crippen LogP contribution in [0, 0.1) is 13.8 Å². The summed E-state index contributed by atoms with van der Waals surface area (Å²) >= 11 is 0. The zero-order chi connectivity index (χ0) is 14.8. The van der Waals surface area contributed by atoms with Crippen LogP contribution < -0.4 is 10.1 Å². The molecule has 112 valence electrons. The number of rotatable bonds is 6. The number of pyridine rings is 1. The monoisotopic (exact) mass is 286 g/mol. The second kappa shape index (κ2) is 5.85. The number of methoxy groups -OCH3 is 1. The minimum Gasteiger partial charge on any atom is -0.481 e. The fourth-order valence-corrected chi connectivity index (χ4v) is 2.57. The predicted molar refractivity (Wildman–Crippen MR) is 81.5 cm³/mol. The molecule has 0 saturated heterocycles. The van der Waals surface area contributed by atoms with E-state index in [-0.39, 0.29) is 0 Å². The Kier molecular flexibility index (Phi) is 3.92. The van der Waals surface area contributed by atoms with E-state index in [4.69, 9.17) is 4.74 Å². The van der Waals surface area contributed by atoms with E-state index < -0.39 is 0 Å². The highest BCUT2D eigenvalue weighted by Crippen LogP contribution is 2.22. The largest absolute Gasteiger partial charge is 0.481 e. The number of aromatic nitrogens is 3. The molecule has 0 spiro atoms. The quantitative estimate of drug-likeness (QED) is 0.884. The van der Waals surface area contributed by atoms with Gasteiger partial charge in [0.2, 0.25) is 5.88 Å². The standard InChI is InChI=1S/C16H22N4O/c1-11-15(9-18-14-6-7-14)12(2)20(19-11)10-13-5-4-8-17-16(13)21-3/h4-5,8,14,18H,6-7,9-10H2,1-3H3. The molecule has 2 aromatic rings. The Morgan fingerprint density at radius 3 is 2.90 bits per heavy atom. The molecule has 3 rings (SSSR count). The molecule has 21 heavy (non-hydrogen) atoms. The molecule has 2 heterocycles. The molecule has 0 atom stereocenters. The summed E-state index contributed by atoms with van der Waals surface area (Å²) in [6, 6.07) is 4.68. The van der Waals surface area contributed by atoms with Crippen LogP contribution in [0.1, 0.15) is 35.4 Å². The molecule has 2 aromatic heterocycles. The number of ether oxygens (including phenoxy) is 1. The van der Waals surface area contributed by atoms with Crippen LogP contribution in [0.25, 0.3) is 0 Å². The van der Waals surface area contributed by atoms with Crippen molar-refractivity contribution in [3.05, 3.63) is 40.8 Å². The second-order valence-electron chi connectivity index (χ2n) is 5.63. The third-order valence-electron chi connectivity index (χ3n) is 4.04. The van der Waals surface area contributed by atoms with Crippen molar-refractivity contribution < 1.29 is 4.74 Å². The second-order valence-corrected chi connectivity index (χ2v) is 5.63. The first kappa shape index (κ1) is 14.1. The third-order valence-corrected chi connectivity index (χ3v) is 4.04. The van der Waals surface area contributed by atoms with Crippen LogP contribution in [0.4, 0.5) is 0 Å². The summed E-state index contributed by atoms with van der Waals surface area (Å²) in [7, 11) is 1.65. The predicted octanol–water partition coefficient (Wildman–Crippen LogP) is 2.20. The number of hydrogen-bond donors (Lipinski definition) is 1. The molecule has 0 bridgehead atoms. The van der Waals surface area contributed by atoms with Gasteiger partial charge in [0, 0.05) is 35.6 Å². The summed E-state index contributed by atoms with van der Waals surface area (Å²) in [4.78, 5) is 4.24. The maximum Gasteiger partial charge on any atom is 0.218 e. The molecule has 1 N–H and O–H groups in total. The summed E-state index contributed by atoms with van der Waals surface area (Å²) in [5.74, 6) is 0.669. The lowest BCUT2D eigenvalue weighted by Crippen LogP contribution is -2.16. The van der Waals surface area contributed by atoms with Crippen LogP contribution in [0.3, 0.4) is 0 Å². The van der Waals surface area contributed by atoms with E-state index >= 15 is 0 Å². The number of aryl methyl sites for hydroxylation is 1. The van der Waals surface area contributed by atoms with Crippen molar-refractivity contribution in [1.29, 1.82) is 0 Å². The molecule has 1 aliphatic rings. The van der Waals surface area contributed by atoms with Crippen LogP contribution >= 0.6 is 0 Å². The molecule has 0 radical (unpaired) electrons. The van der Waals surface area contributed by atoms with Crippen molar-refractivity contribution in [3.8, 4) is 5.88 Å². The zero-order valence-corrected chi connectivity index (χ0v) is 12.9. The Hall–Kier alpha value is -1.88. The third kappa shape index (κ3) is 3.08. The van der Waals surface area contributed by atoms with Gasteiger partial charge in [0.15, 0.2) is 0 Å². The normalized spacial score (nSPS) is 14.4. The molecule has 0 unspecified atom stereocenters. The number of hydrogen-bond acceptors (Lipinski definition) is 4. The van der Waals surface area contributed by atoms with Crippen LogP contribution in [-0.2, 0) is 13.1 Å². The van der Waals surface area contributed by atoms with Crippen LogP contribution in [0.2, 0.25) is 0 Å². The maximum atomic E-state index is 5.32. The van der Waals surface area contributed by atoms with Gasteiger partial charge in [-0.05, 0) is 32.8 Å². The maximum absolute atomic E-state index is 5.32. The molecule has 1 fully saturated rings. The van der Waals surface area contributed by atoms with Crippen molar-refractivity contribution in [3.63, 3.8) is 0 Å². The Morgan fingerprint density at radius 1 is 1.38 bits per heavy atom. The van der Waals surface area contributed by atoms with E-state index in [9.17, 15) is 0 Å². The first-order valence-electron chi connectivity index (χ1n) is 7.43. The summed E-state index contributed by atoms with van der Waals surface area (Å²) in [5, 5.41) is 8.24. The van der Waals surface area contributed by atoms with Gasteiger partial charge in [-0.25, -0.2) is 4.98 Å². The van der Waals surface area contributed by atoms with Crippen LogP contribution in [0.5, 0.6) is 5.88 Å². The lowest BCUT2D eigenvalue weighted by molar-refractivity contribution is 0.390. The van der Waals surface area contributed by atoms with Crippen molar-refractivity contribution in [2.75, 3.05) is 7.11 Å². The van der Waals surface area contributed by atoms with E-state index in [0.29, 0.717) is 18.5 Å². The fraction of sp³-hybridized carbons (Fsp3) is 0.500. The molecule has 5 nitrogen and oxygen atoms in total. The SMILES string of the molecule is COc1ncccc1Cn1nc(C)c(CNC2CC2)c1C. The van der Waals surface area contributed by atoms with E-state index in [0.717, 1.165) is 17.8 Å². The van der Waals surface area contributed by atoms with E-state index in [1.807, 2.05) is 16.8 Å². The molecule has 1 aliphatic carbocycles. The average molecular weight is 286 g/mol. The fourth-order valence-electron chi connectivity index (χ4n) is 2.57. The Balaban J connectivity index is 1.80. The summed E-state index contributed by atoms with van der Waals surface area (Å²) in [5.41, 5.74) is 4.67.